The van der Waals surface area contributed by atoms with Gasteiger partial charge in [-0.1, -0.05) is 41.5 Å². The predicted molar refractivity (Wildman–Crippen MR) is 111 cm³/mol. The van der Waals surface area contributed by atoms with Crippen molar-refractivity contribution in [3.8, 4) is 0 Å². The van der Waals surface area contributed by atoms with Crippen molar-refractivity contribution in [2.45, 2.75) is 92.3 Å². The Bertz CT molecular complexity index is 725. The van der Waals surface area contributed by atoms with E-state index in [-0.39, 0.29) is 33.9 Å². The minimum Gasteiger partial charge on any atom is -0.458 e. The van der Waals surface area contributed by atoms with Crippen molar-refractivity contribution in [1.82, 2.24) is 0 Å². The Morgan fingerprint density at radius 1 is 0.759 bits per heavy atom. The fraction of sp³-hybridized carbons (Fsp3) is 0.800. The highest BCUT2D eigenvalue weighted by Crippen LogP contribution is 2.67. The summed E-state index contributed by atoms with van der Waals surface area (Å²) < 4.78 is 11.5. The van der Waals surface area contributed by atoms with Crippen LogP contribution in [-0.2, 0) is 19.1 Å². The summed E-state index contributed by atoms with van der Waals surface area (Å²) in [5.41, 5.74) is 3.16. The smallest absolute Gasteiger partial charge is 0.338 e. The Hall–Kier alpha value is -1.54. The van der Waals surface area contributed by atoms with E-state index >= 15 is 0 Å². The Morgan fingerprint density at radius 3 is 1.41 bits per heavy atom. The Labute approximate surface area is 175 Å². The summed E-state index contributed by atoms with van der Waals surface area (Å²) in [6.07, 6.45) is 8.88. The van der Waals surface area contributed by atoms with Crippen LogP contribution in [0.3, 0.4) is 0 Å². The third-order valence-corrected chi connectivity index (χ3v) is 10.3. The van der Waals surface area contributed by atoms with E-state index in [1.54, 1.807) is 0 Å². The van der Waals surface area contributed by atoms with Crippen LogP contribution in [0.1, 0.15) is 80.1 Å². The first-order chi connectivity index (χ1) is 13.4. The largest absolute Gasteiger partial charge is 0.458 e. The van der Waals surface area contributed by atoms with Crippen molar-refractivity contribution in [2.24, 2.45) is 33.5 Å². The molecule has 0 aromatic rings. The molecule has 0 amide bonds. The summed E-state index contributed by atoms with van der Waals surface area (Å²) in [5.74, 6) is 0.396. The van der Waals surface area contributed by atoms with Crippen molar-refractivity contribution in [2.75, 3.05) is 0 Å². The van der Waals surface area contributed by atoms with E-state index in [4.69, 9.17) is 9.47 Å². The average Bonchev–Trinajstić information content (AvgIpc) is 3.13. The normalized spacial score (nSPS) is 43.0. The molecule has 29 heavy (non-hydrogen) atoms. The highest BCUT2D eigenvalue weighted by atomic mass is 16.5. The highest BCUT2D eigenvalue weighted by molar-refractivity contribution is 5.85. The van der Waals surface area contributed by atoms with Crippen molar-refractivity contribution in [3.05, 3.63) is 17.9 Å². The number of carbonyl (C=O) groups is 2. The maximum atomic E-state index is 12.3. The van der Waals surface area contributed by atoms with Crippen LogP contribution in [0.4, 0.5) is 0 Å². The number of hydrogen-bond donors (Lipinski definition) is 0. The molecule has 0 aromatic heterocycles. The molecular formula is C25H36O4. The van der Waals surface area contributed by atoms with E-state index in [1.165, 1.54) is 25.0 Å². The molecule has 0 heterocycles. The standard InChI is InChI=1S/C25H36O4/c1-22(2)16-10-12-24(22,5)18(14-16)28-20(26)8-7-9-21(27)29-19-15-17-11-13-25(19,6)23(17,3)4/h8-9,16-19H,10-15H2,1-6H3/t7?,16-,17-,18+,19+,24+,25+/m0/s1. The number of rotatable bonds is 4. The summed E-state index contributed by atoms with van der Waals surface area (Å²) in [5, 5.41) is 0. The molecule has 4 heteroatoms. The molecule has 160 valence electrons. The van der Waals surface area contributed by atoms with E-state index in [9.17, 15) is 9.59 Å². The first-order valence-electron chi connectivity index (χ1n) is 11.3. The summed E-state index contributed by atoms with van der Waals surface area (Å²) >= 11 is 0. The van der Waals surface area contributed by atoms with Crippen molar-refractivity contribution in [3.63, 3.8) is 0 Å². The molecule has 0 N–H and O–H groups in total. The van der Waals surface area contributed by atoms with Crippen molar-refractivity contribution in [1.29, 1.82) is 0 Å². The zero-order valence-corrected chi connectivity index (χ0v) is 18.8. The van der Waals surface area contributed by atoms with Crippen molar-refractivity contribution < 1.29 is 19.1 Å². The van der Waals surface area contributed by atoms with E-state index in [0.717, 1.165) is 25.7 Å². The van der Waals surface area contributed by atoms with Crippen molar-refractivity contribution >= 4 is 11.9 Å². The lowest BCUT2D eigenvalue weighted by Crippen LogP contribution is -2.38. The monoisotopic (exact) mass is 400 g/mol. The van der Waals surface area contributed by atoms with Gasteiger partial charge in [-0.25, -0.2) is 9.59 Å². The zero-order valence-electron chi connectivity index (χ0n) is 18.8. The number of hydrogen-bond acceptors (Lipinski definition) is 4. The second-order valence-electron chi connectivity index (χ2n) is 11.5. The molecule has 4 rings (SSSR count). The minimum absolute atomic E-state index is 0.0356. The lowest BCUT2D eigenvalue weighted by molar-refractivity contribution is -0.151. The maximum Gasteiger partial charge on any atom is 0.338 e. The van der Waals surface area contributed by atoms with Gasteiger partial charge in [-0.3, -0.25) is 0 Å². The molecule has 0 aliphatic heterocycles. The summed E-state index contributed by atoms with van der Waals surface area (Å²) in [6, 6.07) is 0. The van der Waals surface area contributed by atoms with Gasteiger partial charge in [0.2, 0.25) is 0 Å². The zero-order chi connectivity index (χ0) is 21.2. The second-order valence-corrected chi connectivity index (χ2v) is 11.5. The number of esters is 2. The highest BCUT2D eigenvalue weighted by Gasteiger charge is 2.63. The van der Waals surface area contributed by atoms with Crippen LogP contribution in [-0.4, -0.2) is 24.1 Å². The van der Waals surface area contributed by atoms with Crippen LogP contribution in [0.25, 0.3) is 0 Å². The molecule has 0 radical (unpaired) electrons. The van der Waals surface area contributed by atoms with Gasteiger partial charge in [-0.05, 0) is 61.2 Å². The van der Waals surface area contributed by atoms with Gasteiger partial charge in [0.05, 0.1) is 12.2 Å². The van der Waals surface area contributed by atoms with E-state index in [0.29, 0.717) is 11.8 Å². The van der Waals surface area contributed by atoms with Crippen LogP contribution in [0.5, 0.6) is 0 Å². The SMILES string of the molecule is CC1(C)[C@H]2CC[C@]1(C)[C@H](OC(=O)C=C=CC(=O)O[C@@H]1C[C@@H]3CC[C@@]1(C)C3(C)C)C2. The molecule has 0 saturated heterocycles. The molecule has 4 fully saturated rings. The summed E-state index contributed by atoms with van der Waals surface area (Å²) in [6.45, 7) is 13.7. The molecule has 0 unspecified atom stereocenters. The molecule has 6 atom stereocenters. The number of carbonyl (C=O) groups excluding carboxylic acids is 2. The molecule has 4 nitrogen and oxygen atoms in total. The van der Waals surface area contributed by atoms with E-state index in [2.05, 4.69) is 47.3 Å². The molecule has 4 aliphatic rings. The van der Waals surface area contributed by atoms with Gasteiger partial charge < -0.3 is 9.47 Å². The fourth-order valence-electron chi connectivity index (χ4n) is 7.14. The summed E-state index contributed by atoms with van der Waals surface area (Å²) in [4.78, 5) is 24.6. The van der Waals surface area contributed by atoms with Gasteiger partial charge in [0.15, 0.2) is 0 Å². The third-order valence-electron chi connectivity index (χ3n) is 10.3. The van der Waals surface area contributed by atoms with Crippen LogP contribution in [0.2, 0.25) is 0 Å². The fourth-order valence-corrected chi connectivity index (χ4v) is 7.14. The predicted octanol–water partition coefficient (Wildman–Crippen LogP) is 5.21. The quantitative estimate of drug-likeness (QED) is 0.369. The van der Waals surface area contributed by atoms with Gasteiger partial charge in [0.1, 0.15) is 12.2 Å². The van der Waals surface area contributed by atoms with Crippen LogP contribution in [0, 0.1) is 33.5 Å². The average molecular weight is 401 g/mol. The Balaban J connectivity index is 1.33. The Kier molecular flexibility index (Phi) is 4.63. The topological polar surface area (TPSA) is 52.6 Å². The molecule has 0 aromatic carbocycles. The first-order valence-corrected chi connectivity index (χ1v) is 11.3. The molecule has 4 saturated carbocycles. The van der Waals surface area contributed by atoms with Gasteiger partial charge in [0, 0.05) is 10.8 Å². The van der Waals surface area contributed by atoms with Crippen LogP contribution in [0.15, 0.2) is 17.9 Å². The lowest BCUT2D eigenvalue weighted by Gasteiger charge is -2.38. The maximum absolute atomic E-state index is 12.3. The number of fused-ring (bicyclic) bond motifs is 4. The van der Waals surface area contributed by atoms with Gasteiger partial charge >= 0.3 is 11.9 Å². The molecular weight excluding hydrogens is 364 g/mol. The molecule has 4 bridgehead atoms. The van der Waals surface area contributed by atoms with Gasteiger partial charge in [-0.2, -0.15) is 0 Å². The van der Waals surface area contributed by atoms with Crippen LogP contribution < -0.4 is 0 Å². The third kappa shape index (κ3) is 2.86. The molecule has 4 aliphatic carbocycles. The summed E-state index contributed by atoms with van der Waals surface area (Å²) in [7, 11) is 0. The van der Waals surface area contributed by atoms with E-state index < -0.39 is 11.9 Å². The molecule has 0 spiro atoms. The Morgan fingerprint density at radius 2 is 1.14 bits per heavy atom. The first kappa shape index (κ1) is 20.7. The lowest BCUT2D eigenvalue weighted by atomic mass is 9.70. The minimum atomic E-state index is -0.420. The van der Waals surface area contributed by atoms with Gasteiger partial charge in [0.25, 0.3) is 0 Å². The van der Waals surface area contributed by atoms with Crippen LogP contribution >= 0.6 is 0 Å². The van der Waals surface area contributed by atoms with Gasteiger partial charge in [-0.15, -0.1) is 5.73 Å². The number of ether oxygens (including phenoxy) is 2. The van der Waals surface area contributed by atoms with E-state index in [1.807, 2.05) is 0 Å². The second kappa shape index (κ2) is 6.48.